The monoisotopic (exact) mass is 357 g/mol. The predicted octanol–water partition coefficient (Wildman–Crippen LogP) is 5.29. The molecule has 0 aliphatic carbocycles. The van der Waals surface area contributed by atoms with Crippen molar-refractivity contribution in [2.24, 2.45) is 0 Å². The SMILES string of the molecule is COc1cc2nc(-c3cccc(O)c3)cc(-c3ccccc3)c2cc1OC. The number of ether oxygens (including phenoxy) is 2. The van der Waals surface area contributed by atoms with Crippen molar-refractivity contribution in [3.05, 3.63) is 72.8 Å². The molecule has 4 rings (SSSR count). The first-order valence-corrected chi connectivity index (χ1v) is 8.61. The normalized spacial score (nSPS) is 10.7. The van der Waals surface area contributed by atoms with E-state index in [1.807, 2.05) is 48.5 Å². The van der Waals surface area contributed by atoms with E-state index >= 15 is 0 Å². The second-order valence-corrected chi connectivity index (χ2v) is 6.20. The van der Waals surface area contributed by atoms with Crippen LogP contribution >= 0.6 is 0 Å². The smallest absolute Gasteiger partial charge is 0.162 e. The van der Waals surface area contributed by atoms with Crippen LogP contribution in [0.15, 0.2) is 72.8 Å². The van der Waals surface area contributed by atoms with E-state index in [1.165, 1.54) is 0 Å². The Balaban J connectivity index is 2.04. The Bertz CT molecular complexity index is 1110. The van der Waals surface area contributed by atoms with Gasteiger partial charge < -0.3 is 14.6 Å². The van der Waals surface area contributed by atoms with Gasteiger partial charge in [0.05, 0.1) is 25.4 Å². The van der Waals surface area contributed by atoms with Gasteiger partial charge in [0.15, 0.2) is 11.5 Å². The summed E-state index contributed by atoms with van der Waals surface area (Å²) in [5.41, 5.74) is 4.55. The molecule has 0 spiro atoms. The van der Waals surface area contributed by atoms with Gasteiger partial charge in [0.2, 0.25) is 0 Å². The van der Waals surface area contributed by atoms with E-state index in [-0.39, 0.29) is 5.75 Å². The lowest BCUT2D eigenvalue weighted by atomic mass is 9.98. The molecule has 4 nitrogen and oxygen atoms in total. The zero-order chi connectivity index (χ0) is 18.8. The largest absolute Gasteiger partial charge is 0.508 e. The minimum absolute atomic E-state index is 0.211. The van der Waals surface area contributed by atoms with Crippen LogP contribution in [0, 0.1) is 0 Å². The highest BCUT2D eigenvalue weighted by Gasteiger charge is 2.14. The van der Waals surface area contributed by atoms with Crippen molar-refractivity contribution in [1.29, 1.82) is 0 Å². The van der Waals surface area contributed by atoms with Crippen LogP contribution in [0.5, 0.6) is 17.2 Å². The van der Waals surface area contributed by atoms with E-state index in [0.29, 0.717) is 11.5 Å². The molecule has 1 heterocycles. The van der Waals surface area contributed by atoms with Gasteiger partial charge in [0, 0.05) is 17.0 Å². The van der Waals surface area contributed by atoms with Crippen molar-refractivity contribution in [2.75, 3.05) is 14.2 Å². The van der Waals surface area contributed by atoms with Crippen molar-refractivity contribution in [1.82, 2.24) is 4.98 Å². The quantitative estimate of drug-likeness (QED) is 0.539. The number of phenolic OH excluding ortho intramolecular Hbond substituents is 1. The lowest BCUT2D eigenvalue weighted by molar-refractivity contribution is 0.356. The van der Waals surface area contributed by atoms with Gasteiger partial charge in [-0.2, -0.15) is 0 Å². The van der Waals surface area contributed by atoms with E-state index in [9.17, 15) is 5.11 Å². The molecule has 0 bridgehead atoms. The van der Waals surface area contributed by atoms with E-state index < -0.39 is 0 Å². The summed E-state index contributed by atoms with van der Waals surface area (Å²) in [6, 6.07) is 23.1. The van der Waals surface area contributed by atoms with Crippen LogP contribution in [0.25, 0.3) is 33.3 Å². The molecule has 0 saturated heterocycles. The van der Waals surface area contributed by atoms with Gasteiger partial charge in [-0.25, -0.2) is 4.98 Å². The Labute approximate surface area is 157 Å². The standard InChI is InChI=1S/C23H19NO3/c1-26-22-13-19-18(15-7-4-3-5-8-15)12-20(16-9-6-10-17(25)11-16)24-21(19)14-23(22)27-2/h3-14,25H,1-2H3. The summed E-state index contributed by atoms with van der Waals surface area (Å²) in [6.45, 7) is 0. The molecule has 0 radical (unpaired) electrons. The Morgan fingerprint density at radius 2 is 1.44 bits per heavy atom. The van der Waals surface area contributed by atoms with E-state index in [2.05, 4.69) is 12.1 Å². The lowest BCUT2D eigenvalue weighted by Gasteiger charge is -2.14. The van der Waals surface area contributed by atoms with Crippen molar-refractivity contribution < 1.29 is 14.6 Å². The van der Waals surface area contributed by atoms with Gasteiger partial charge in [-0.15, -0.1) is 0 Å². The number of hydrogen-bond donors (Lipinski definition) is 1. The van der Waals surface area contributed by atoms with Crippen LogP contribution < -0.4 is 9.47 Å². The predicted molar refractivity (Wildman–Crippen MR) is 107 cm³/mol. The molecule has 27 heavy (non-hydrogen) atoms. The number of hydrogen-bond acceptors (Lipinski definition) is 4. The second-order valence-electron chi connectivity index (χ2n) is 6.20. The lowest BCUT2D eigenvalue weighted by Crippen LogP contribution is -1.94. The number of aromatic nitrogens is 1. The topological polar surface area (TPSA) is 51.6 Å². The fraction of sp³-hybridized carbons (Fsp3) is 0.0870. The maximum absolute atomic E-state index is 9.86. The summed E-state index contributed by atoms with van der Waals surface area (Å²) in [6.07, 6.45) is 0. The second kappa shape index (κ2) is 7.00. The number of methoxy groups -OCH3 is 2. The highest BCUT2D eigenvalue weighted by Crippen LogP contribution is 2.38. The summed E-state index contributed by atoms with van der Waals surface area (Å²) in [5.74, 6) is 1.50. The molecule has 0 saturated carbocycles. The fourth-order valence-corrected chi connectivity index (χ4v) is 3.22. The molecular formula is C23H19NO3. The summed E-state index contributed by atoms with van der Waals surface area (Å²) in [5, 5.41) is 10.8. The maximum atomic E-state index is 9.86. The van der Waals surface area contributed by atoms with Crippen molar-refractivity contribution in [3.8, 4) is 39.6 Å². The average Bonchev–Trinajstić information content (AvgIpc) is 2.72. The molecule has 0 aliphatic heterocycles. The number of aromatic hydroxyl groups is 1. The Morgan fingerprint density at radius 1 is 0.741 bits per heavy atom. The van der Waals surface area contributed by atoms with Gasteiger partial charge in [-0.1, -0.05) is 42.5 Å². The van der Waals surface area contributed by atoms with E-state index in [4.69, 9.17) is 14.5 Å². The van der Waals surface area contributed by atoms with Gasteiger partial charge in [-0.3, -0.25) is 0 Å². The summed E-state index contributed by atoms with van der Waals surface area (Å²) < 4.78 is 10.9. The zero-order valence-corrected chi connectivity index (χ0v) is 15.1. The van der Waals surface area contributed by atoms with Crippen molar-refractivity contribution in [3.63, 3.8) is 0 Å². The van der Waals surface area contributed by atoms with Crippen LogP contribution in [0.1, 0.15) is 0 Å². The molecule has 0 aliphatic rings. The van der Waals surface area contributed by atoms with Crippen molar-refractivity contribution in [2.45, 2.75) is 0 Å². The summed E-state index contributed by atoms with van der Waals surface area (Å²) in [4.78, 5) is 4.81. The number of fused-ring (bicyclic) bond motifs is 1. The van der Waals surface area contributed by atoms with Gasteiger partial charge >= 0.3 is 0 Å². The Morgan fingerprint density at radius 3 is 2.15 bits per heavy atom. The number of nitrogens with zero attached hydrogens (tertiary/aromatic N) is 1. The highest BCUT2D eigenvalue weighted by molar-refractivity contribution is 5.98. The summed E-state index contributed by atoms with van der Waals surface area (Å²) >= 11 is 0. The number of phenols is 1. The minimum Gasteiger partial charge on any atom is -0.508 e. The van der Waals surface area contributed by atoms with Gasteiger partial charge in [0.25, 0.3) is 0 Å². The van der Waals surface area contributed by atoms with Crippen molar-refractivity contribution >= 4 is 10.9 Å². The fourth-order valence-electron chi connectivity index (χ4n) is 3.22. The number of benzene rings is 3. The molecule has 1 N–H and O–H groups in total. The Hall–Kier alpha value is -3.53. The minimum atomic E-state index is 0.211. The molecule has 1 aromatic heterocycles. The van der Waals surface area contributed by atoms with Crippen LogP contribution in [0.3, 0.4) is 0 Å². The van der Waals surface area contributed by atoms with Gasteiger partial charge in [0.1, 0.15) is 5.75 Å². The average molecular weight is 357 g/mol. The molecule has 0 unspecified atom stereocenters. The first-order chi connectivity index (χ1) is 13.2. The third kappa shape index (κ3) is 3.17. The zero-order valence-electron chi connectivity index (χ0n) is 15.1. The maximum Gasteiger partial charge on any atom is 0.162 e. The molecule has 4 heteroatoms. The Kier molecular flexibility index (Phi) is 4.38. The molecule has 134 valence electrons. The molecule has 3 aromatic carbocycles. The van der Waals surface area contributed by atoms with Crippen LogP contribution in [-0.2, 0) is 0 Å². The number of pyridine rings is 1. The number of rotatable bonds is 4. The third-order valence-electron chi connectivity index (χ3n) is 4.54. The van der Waals surface area contributed by atoms with E-state index in [0.717, 1.165) is 33.3 Å². The molecule has 0 fully saturated rings. The van der Waals surface area contributed by atoms with E-state index in [1.54, 1.807) is 26.4 Å². The van der Waals surface area contributed by atoms with Crippen LogP contribution in [-0.4, -0.2) is 24.3 Å². The highest BCUT2D eigenvalue weighted by atomic mass is 16.5. The molecule has 0 amide bonds. The van der Waals surface area contributed by atoms with Crippen LogP contribution in [0.2, 0.25) is 0 Å². The summed E-state index contributed by atoms with van der Waals surface area (Å²) in [7, 11) is 3.24. The molecule has 4 aromatic rings. The van der Waals surface area contributed by atoms with Crippen LogP contribution in [0.4, 0.5) is 0 Å². The van der Waals surface area contributed by atoms with Gasteiger partial charge in [-0.05, 0) is 35.4 Å². The first-order valence-electron chi connectivity index (χ1n) is 8.61. The molecule has 0 atom stereocenters. The first kappa shape index (κ1) is 16.9. The third-order valence-corrected chi connectivity index (χ3v) is 4.54. The molecular weight excluding hydrogens is 338 g/mol.